The monoisotopic (exact) mass is 356 g/mol. The normalized spacial score (nSPS) is 10.6. The SMILES string of the molecule is CCOc1cc(C(=O)N/N=C/c2ccccc2)cc(OCC)c1OCC. The van der Waals surface area contributed by atoms with Crippen molar-refractivity contribution >= 4 is 12.1 Å². The molecular weight excluding hydrogens is 332 g/mol. The molecule has 2 aromatic rings. The van der Waals surface area contributed by atoms with Crippen LogP contribution in [-0.2, 0) is 0 Å². The molecule has 0 spiro atoms. The van der Waals surface area contributed by atoms with Crippen LogP contribution in [0.3, 0.4) is 0 Å². The lowest BCUT2D eigenvalue weighted by Crippen LogP contribution is -2.18. The molecule has 2 aromatic carbocycles. The van der Waals surface area contributed by atoms with Crippen molar-refractivity contribution in [3.05, 3.63) is 53.6 Å². The fourth-order valence-electron chi connectivity index (χ4n) is 2.29. The van der Waals surface area contributed by atoms with Crippen LogP contribution in [0.4, 0.5) is 0 Å². The number of amides is 1. The largest absolute Gasteiger partial charge is 0.490 e. The lowest BCUT2D eigenvalue weighted by Gasteiger charge is -2.16. The first kappa shape index (κ1) is 19.3. The molecule has 0 saturated carbocycles. The van der Waals surface area contributed by atoms with Crippen molar-refractivity contribution in [1.29, 1.82) is 0 Å². The second-order valence-electron chi connectivity index (χ2n) is 5.21. The minimum absolute atomic E-state index is 0.359. The third-order valence-corrected chi connectivity index (χ3v) is 3.35. The van der Waals surface area contributed by atoms with Crippen molar-refractivity contribution in [2.24, 2.45) is 5.10 Å². The van der Waals surface area contributed by atoms with Gasteiger partial charge in [0, 0.05) is 5.56 Å². The summed E-state index contributed by atoms with van der Waals surface area (Å²) in [7, 11) is 0. The molecule has 0 heterocycles. The topological polar surface area (TPSA) is 69.2 Å². The number of ether oxygens (including phenoxy) is 3. The van der Waals surface area contributed by atoms with E-state index in [9.17, 15) is 4.79 Å². The standard InChI is InChI=1S/C20H24N2O4/c1-4-24-17-12-16(13-18(25-5-2)19(17)26-6-3)20(23)22-21-14-15-10-8-7-9-11-15/h7-14H,4-6H2,1-3H3,(H,22,23)/b21-14+. The zero-order chi connectivity index (χ0) is 18.8. The van der Waals surface area contributed by atoms with Crippen LogP contribution >= 0.6 is 0 Å². The van der Waals surface area contributed by atoms with E-state index in [4.69, 9.17) is 14.2 Å². The number of hydrogen-bond donors (Lipinski definition) is 1. The Morgan fingerprint density at radius 2 is 1.54 bits per heavy atom. The van der Waals surface area contributed by atoms with Crippen molar-refractivity contribution < 1.29 is 19.0 Å². The lowest BCUT2D eigenvalue weighted by molar-refractivity contribution is 0.0954. The van der Waals surface area contributed by atoms with Gasteiger partial charge in [-0.3, -0.25) is 4.79 Å². The van der Waals surface area contributed by atoms with Crippen LogP contribution in [0.5, 0.6) is 17.2 Å². The zero-order valence-corrected chi connectivity index (χ0v) is 15.3. The van der Waals surface area contributed by atoms with E-state index in [1.807, 2.05) is 51.1 Å². The second-order valence-corrected chi connectivity index (χ2v) is 5.21. The van der Waals surface area contributed by atoms with Crippen molar-refractivity contribution in [2.75, 3.05) is 19.8 Å². The van der Waals surface area contributed by atoms with E-state index in [1.165, 1.54) is 0 Å². The summed E-state index contributed by atoms with van der Waals surface area (Å²) in [5.74, 6) is 1.08. The fourth-order valence-corrected chi connectivity index (χ4v) is 2.29. The minimum Gasteiger partial charge on any atom is -0.490 e. The van der Waals surface area contributed by atoms with E-state index < -0.39 is 0 Å². The van der Waals surface area contributed by atoms with Gasteiger partial charge in [0.2, 0.25) is 5.75 Å². The van der Waals surface area contributed by atoms with Crippen molar-refractivity contribution in [2.45, 2.75) is 20.8 Å². The summed E-state index contributed by atoms with van der Waals surface area (Å²) in [6.45, 7) is 6.98. The van der Waals surface area contributed by atoms with Gasteiger partial charge in [0.25, 0.3) is 5.91 Å². The van der Waals surface area contributed by atoms with Crippen molar-refractivity contribution in [3.8, 4) is 17.2 Å². The molecule has 0 fully saturated rings. The minimum atomic E-state index is -0.359. The molecule has 0 aliphatic rings. The third kappa shape index (κ3) is 5.24. The Balaban J connectivity index is 2.23. The van der Waals surface area contributed by atoms with Crippen LogP contribution in [0, 0.1) is 0 Å². The molecule has 26 heavy (non-hydrogen) atoms. The molecule has 6 heteroatoms. The predicted octanol–water partition coefficient (Wildman–Crippen LogP) is 3.65. The van der Waals surface area contributed by atoms with Crippen molar-refractivity contribution in [3.63, 3.8) is 0 Å². The summed E-state index contributed by atoms with van der Waals surface area (Å²) in [6.07, 6.45) is 1.58. The number of benzene rings is 2. The molecule has 1 amide bonds. The van der Waals surface area contributed by atoms with Crippen LogP contribution < -0.4 is 19.6 Å². The first-order valence-corrected chi connectivity index (χ1v) is 8.64. The van der Waals surface area contributed by atoms with Crippen LogP contribution in [0.25, 0.3) is 0 Å². The smallest absolute Gasteiger partial charge is 0.271 e. The van der Waals surface area contributed by atoms with Gasteiger partial charge >= 0.3 is 0 Å². The van der Waals surface area contributed by atoms with E-state index in [0.717, 1.165) is 5.56 Å². The molecular formula is C20H24N2O4. The van der Waals surface area contributed by atoms with Gasteiger partial charge in [-0.15, -0.1) is 0 Å². The van der Waals surface area contributed by atoms with Crippen molar-refractivity contribution in [1.82, 2.24) is 5.43 Å². The van der Waals surface area contributed by atoms with Gasteiger partial charge in [0.1, 0.15) is 0 Å². The highest BCUT2D eigenvalue weighted by Gasteiger charge is 2.18. The Morgan fingerprint density at radius 3 is 2.08 bits per heavy atom. The lowest BCUT2D eigenvalue weighted by atomic mass is 10.1. The zero-order valence-electron chi connectivity index (χ0n) is 15.3. The number of hydrazone groups is 1. The van der Waals surface area contributed by atoms with Crippen LogP contribution in [0.2, 0.25) is 0 Å². The van der Waals surface area contributed by atoms with Crippen LogP contribution in [0.15, 0.2) is 47.6 Å². The van der Waals surface area contributed by atoms with E-state index >= 15 is 0 Å². The maximum Gasteiger partial charge on any atom is 0.271 e. The summed E-state index contributed by atoms with van der Waals surface area (Å²) in [5.41, 5.74) is 3.79. The maximum absolute atomic E-state index is 12.4. The van der Waals surface area contributed by atoms with E-state index in [-0.39, 0.29) is 5.91 Å². The van der Waals surface area contributed by atoms with Gasteiger partial charge in [-0.05, 0) is 38.5 Å². The number of nitrogens with zero attached hydrogens (tertiary/aromatic N) is 1. The highest BCUT2D eigenvalue weighted by Crippen LogP contribution is 2.39. The quantitative estimate of drug-likeness (QED) is 0.550. The third-order valence-electron chi connectivity index (χ3n) is 3.35. The molecule has 0 aromatic heterocycles. The number of carbonyl (C=O) groups excluding carboxylic acids is 1. The van der Waals surface area contributed by atoms with E-state index in [0.29, 0.717) is 42.6 Å². The molecule has 0 aliphatic heterocycles. The molecule has 0 bridgehead atoms. The average Bonchev–Trinajstić information content (AvgIpc) is 2.65. The number of carbonyl (C=O) groups is 1. The van der Waals surface area contributed by atoms with Crippen LogP contribution in [0.1, 0.15) is 36.7 Å². The predicted molar refractivity (Wildman–Crippen MR) is 101 cm³/mol. The number of rotatable bonds is 9. The van der Waals surface area contributed by atoms with Gasteiger partial charge in [0.15, 0.2) is 11.5 Å². The Bertz CT molecular complexity index is 718. The average molecular weight is 356 g/mol. The Morgan fingerprint density at radius 1 is 0.962 bits per heavy atom. The molecule has 0 aliphatic carbocycles. The Kier molecular flexibility index (Phi) is 7.49. The Labute approximate surface area is 153 Å². The highest BCUT2D eigenvalue weighted by atomic mass is 16.5. The summed E-state index contributed by atoms with van der Waals surface area (Å²) in [5, 5.41) is 3.99. The maximum atomic E-state index is 12.4. The van der Waals surface area contributed by atoms with Gasteiger partial charge in [0.05, 0.1) is 26.0 Å². The summed E-state index contributed by atoms with van der Waals surface area (Å²) < 4.78 is 16.9. The molecule has 138 valence electrons. The number of nitrogens with one attached hydrogen (secondary N) is 1. The molecule has 6 nitrogen and oxygen atoms in total. The first-order chi connectivity index (χ1) is 12.7. The van der Waals surface area contributed by atoms with E-state index in [1.54, 1.807) is 18.3 Å². The summed E-state index contributed by atoms with van der Waals surface area (Å²) in [6, 6.07) is 12.8. The Hall–Kier alpha value is -3.02. The van der Waals surface area contributed by atoms with Gasteiger partial charge in [-0.25, -0.2) is 5.43 Å². The molecule has 0 saturated heterocycles. The molecule has 2 rings (SSSR count). The van der Waals surface area contributed by atoms with Gasteiger partial charge < -0.3 is 14.2 Å². The molecule has 0 radical (unpaired) electrons. The summed E-state index contributed by atoms with van der Waals surface area (Å²) in [4.78, 5) is 12.4. The second kappa shape index (κ2) is 10.1. The van der Waals surface area contributed by atoms with Crippen LogP contribution in [-0.4, -0.2) is 31.9 Å². The van der Waals surface area contributed by atoms with E-state index in [2.05, 4.69) is 10.5 Å². The number of hydrogen-bond acceptors (Lipinski definition) is 5. The first-order valence-electron chi connectivity index (χ1n) is 8.64. The molecule has 1 N–H and O–H groups in total. The highest BCUT2D eigenvalue weighted by molar-refractivity contribution is 5.96. The molecule has 0 atom stereocenters. The molecule has 0 unspecified atom stereocenters. The fraction of sp³-hybridized carbons (Fsp3) is 0.300. The van der Waals surface area contributed by atoms with Gasteiger partial charge in [-0.1, -0.05) is 30.3 Å². The summed E-state index contributed by atoms with van der Waals surface area (Å²) >= 11 is 0. The van der Waals surface area contributed by atoms with Gasteiger partial charge in [-0.2, -0.15) is 5.10 Å².